The first-order valence-corrected chi connectivity index (χ1v) is 7.92. The number of hydrogen-bond donors (Lipinski definition) is 1. The van der Waals surface area contributed by atoms with Crippen LogP contribution in [-0.4, -0.2) is 43.4 Å². The van der Waals surface area contributed by atoms with E-state index in [0.29, 0.717) is 5.88 Å². The van der Waals surface area contributed by atoms with Gasteiger partial charge in [-0.3, -0.25) is 0 Å². The lowest BCUT2D eigenvalue weighted by Crippen LogP contribution is -2.38. The van der Waals surface area contributed by atoms with E-state index >= 15 is 0 Å². The quantitative estimate of drug-likeness (QED) is 0.899. The lowest BCUT2D eigenvalue weighted by Gasteiger charge is -2.33. The Morgan fingerprint density at radius 1 is 1.04 bits per heavy atom. The molecule has 7 nitrogen and oxygen atoms in total. The lowest BCUT2D eigenvalue weighted by atomic mass is 10.1. The van der Waals surface area contributed by atoms with Crippen molar-refractivity contribution in [1.82, 2.24) is 9.97 Å². The summed E-state index contributed by atoms with van der Waals surface area (Å²) in [7, 11) is 3.22. The van der Waals surface area contributed by atoms with Crippen molar-refractivity contribution in [2.75, 3.05) is 37.9 Å². The Morgan fingerprint density at radius 3 is 2.42 bits per heavy atom. The van der Waals surface area contributed by atoms with Crippen molar-refractivity contribution in [1.29, 1.82) is 0 Å². The van der Waals surface area contributed by atoms with Crippen molar-refractivity contribution >= 4 is 11.8 Å². The molecule has 7 heteroatoms. The first kappa shape index (κ1) is 16.2. The summed E-state index contributed by atoms with van der Waals surface area (Å²) in [4.78, 5) is 10.5. The van der Waals surface area contributed by atoms with Crippen molar-refractivity contribution in [2.24, 2.45) is 0 Å². The zero-order valence-corrected chi connectivity index (χ0v) is 13.9. The third kappa shape index (κ3) is 3.61. The number of aromatic nitrogens is 2. The van der Waals surface area contributed by atoms with Gasteiger partial charge in [-0.1, -0.05) is 12.1 Å². The van der Waals surface area contributed by atoms with Crippen molar-refractivity contribution in [3.8, 4) is 17.4 Å². The molecule has 0 spiro atoms. The number of ether oxygens (including phenoxy) is 3. The summed E-state index contributed by atoms with van der Waals surface area (Å²) in [5, 5.41) is 0. The minimum atomic E-state index is 0.152. The van der Waals surface area contributed by atoms with Crippen molar-refractivity contribution < 1.29 is 14.2 Å². The van der Waals surface area contributed by atoms with Crippen molar-refractivity contribution in [2.45, 2.75) is 18.9 Å². The Balaban J connectivity index is 1.62. The Kier molecular flexibility index (Phi) is 4.88. The average Bonchev–Trinajstić information content (AvgIpc) is 2.62. The van der Waals surface area contributed by atoms with Crippen LogP contribution in [-0.2, 0) is 0 Å². The van der Waals surface area contributed by atoms with Gasteiger partial charge in [-0.05, 0) is 12.1 Å². The second-order valence-electron chi connectivity index (χ2n) is 5.58. The Labute approximate surface area is 141 Å². The number of piperidine rings is 1. The van der Waals surface area contributed by atoms with Crippen LogP contribution in [0.4, 0.5) is 11.8 Å². The van der Waals surface area contributed by atoms with Gasteiger partial charge >= 0.3 is 0 Å². The fraction of sp³-hybridized carbons (Fsp3) is 0.412. The van der Waals surface area contributed by atoms with Gasteiger partial charge in [0.25, 0.3) is 0 Å². The van der Waals surface area contributed by atoms with Gasteiger partial charge in [-0.25, -0.2) is 0 Å². The molecule has 0 amide bonds. The molecular formula is C17H22N4O3. The number of benzene rings is 1. The van der Waals surface area contributed by atoms with Crippen molar-refractivity contribution in [3.05, 3.63) is 30.3 Å². The molecule has 1 saturated heterocycles. The first-order valence-electron chi connectivity index (χ1n) is 7.92. The smallest absolute Gasteiger partial charge is 0.225 e. The minimum Gasteiger partial charge on any atom is -0.493 e. The lowest BCUT2D eigenvalue weighted by molar-refractivity contribution is 0.164. The predicted molar refractivity (Wildman–Crippen MR) is 91.9 cm³/mol. The van der Waals surface area contributed by atoms with E-state index in [-0.39, 0.29) is 12.1 Å². The van der Waals surface area contributed by atoms with E-state index in [9.17, 15) is 0 Å². The second kappa shape index (κ2) is 7.25. The van der Waals surface area contributed by atoms with Gasteiger partial charge in [0, 0.05) is 32.0 Å². The fourth-order valence-electron chi connectivity index (χ4n) is 2.80. The van der Waals surface area contributed by atoms with Crippen LogP contribution in [0.2, 0.25) is 0 Å². The summed E-state index contributed by atoms with van der Waals surface area (Å²) in [6, 6.07) is 9.52. The topological polar surface area (TPSA) is 82.7 Å². The molecule has 0 unspecified atom stereocenters. The van der Waals surface area contributed by atoms with E-state index in [1.807, 2.05) is 24.3 Å². The summed E-state index contributed by atoms with van der Waals surface area (Å²) in [6.45, 7) is 1.67. The number of hydrogen-bond acceptors (Lipinski definition) is 7. The number of nitrogens with zero attached hydrogens (tertiary/aromatic N) is 3. The standard InChI is InChI=1S/C17H22N4O3/c1-22-13-5-3-4-6-14(13)24-12-7-9-21(10-8-12)15-11-16(23-2)20-17(18)19-15/h3-6,11-12H,7-10H2,1-2H3,(H2,18,19,20). The molecule has 24 heavy (non-hydrogen) atoms. The van der Waals surface area contributed by atoms with Crippen LogP contribution in [0.25, 0.3) is 0 Å². The third-order valence-electron chi connectivity index (χ3n) is 4.04. The molecule has 1 fully saturated rings. The van der Waals surface area contributed by atoms with E-state index in [1.165, 1.54) is 0 Å². The number of nitrogen functional groups attached to an aromatic ring is 1. The molecule has 2 N–H and O–H groups in total. The SMILES string of the molecule is COc1cc(N2CCC(Oc3ccccc3OC)CC2)nc(N)n1. The Bertz CT molecular complexity index is 687. The first-order chi connectivity index (χ1) is 11.7. The zero-order valence-electron chi connectivity index (χ0n) is 13.9. The summed E-state index contributed by atoms with van der Waals surface area (Å²) in [6.07, 6.45) is 1.94. The molecule has 128 valence electrons. The van der Waals surface area contributed by atoms with Gasteiger partial charge in [0.15, 0.2) is 11.5 Å². The van der Waals surface area contributed by atoms with Gasteiger partial charge in [-0.2, -0.15) is 9.97 Å². The molecule has 0 radical (unpaired) electrons. The molecule has 2 aromatic rings. The maximum atomic E-state index is 6.10. The number of anilines is 2. The van der Waals surface area contributed by atoms with Crippen LogP contribution in [0.5, 0.6) is 17.4 Å². The predicted octanol–water partition coefficient (Wildman–Crippen LogP) is 2.12. The normalized spacial score (nSPS) is 15.2. The molecule has 1 aromatic heterocycles. The van der Waals surface area contributed by atoms with Gasteiger partial charge in [0.2, 0.25) is 11.8 Å². The molecule has 0 saturated carbocycles. The molecule has 1 aliphatic rings. The van der Waals surface area contributed by atoms with Crippen LogP contribution in [0.1, 0.15) is 12.8 Å². The average molecular weight is 330 g/mol. The highest BCUT2D eigenvalue weighted by molar-refractivity contribution is 5.46. The van der Waals surface area contributed by atoms with E-state index in [0.717, 1.165) is 43.2 Å². The van der Waals surface area contributed by atoms with Crippen LogP contribution in [0.3, 0.4) is 0 Å². The number of para-hydroxylation sites is 2. The van der Waals surface area contributed by atoms with Gasteiger partial charge in [0.1, 0.15) is 11.9 Å². The monoisotopic (exact) mass is 330 g/mol. The molecule has 3 rings (SSSR count). The largest absolute Gasteiger partial charge is 0.493 e. The molecule has 1 aliphatic heterocycles. The number of nitrogens with two attached hydrogens (primary N) is 1. The summed E-state index contributed by atoms with van der Waals surface area (Å²) in [5.74, 6) is 3.02. The Hall–Kier alpha value is -2.70. The highest BCUT2D eigenvalue weighted by Gasteiger charge is 2.23. The van der Waals surface area contributed by atoms with E-state index < -0.39 is 0 Å². The third-order valence-corrected chi connectivity index (χ3v) is 4.04. The molecule has 0 bridgehead atoms. The second-order valence-corrected chi connectivity index (χ2v) is 5.58. The van der Waals surface area contributed by atoms with E-state index in [2.05, 4.69) is 14.9 Å². The van der Waals surface area contributed by atoms with Crippen LogP contribution < -0.4 is 24.8 Å². The highest BCUT2D eigenvalue weighted by atomic mass is 16.5. The zero-order chi connectivity index (χ0) is 16.9. The molecular weight excluding hydrogens is 308 g/mol. The van der Waals surface area contributed by atoms with Gasteiger partial charge in [0.05, 0.1) is 14.2 Å². The maximum Gasteiger partial charge on any atom is 0.225 e. The Morgan fingerprint density at radius 2 is 1.75 bits per heavy atom. The molecule has 2 heterocycles. The fourth-order valence-corrected chi connectivity index (χ4v) is 2.80. The van der Waals surface area contributed by atoms with Crippen LogP contribution >= 0.6 is 0 Å². The number of methoxy groups -OCH3 is 2. The molecule has 1 aromatic carbocycles. The van der Waals surface area contributed by atoms with Crippen LogP contribution in [0, 0.1) is 0 Å². The minimum absolute atomic E-state index is 0.152. The van der Waals surface area contributed by atoms with Gasteiger partial charge < -0.3 is 24.8 Å². The van der Waals surface area contributed by atoms with E-state index in [4.69, 9.17) is 19.9 Å². The summed E-state index contributed by atoms with van der Waals surface area (Å²) >= 11 is 0. The maximum absolute atomic E-state index is 6.10. The molecule has 0 aliphatic carbocycles. The number of rotatable bonds is 5. The van der Waals surface area contributed by atoms with Gasteiger partial charge in [-0.15, -0.1) is 0 Å². The van der Waals surface area contributed by atoms with Crippen molar-refractivity contribution in [3.63, 3.8) is 0 Å². The molecule has 0 atom stereocenters. The summed E-state index contributed by atoms with van der Waals surface area (Å²) < 4.78 is 16.6. The highest BCUT2D eigenvalue weighted by Crippen LogP contribution is 2.30. The summed E-state index contributed by atoms with van der Waals surface area (Å²) in [5.41, 5.74) is 5.74. The van der Waals surface area contributed by atoms with E-state index in [1.54, 1.807) is 20.3 Å². The van der Waals surface area contributed by atoms with Crippen LogP contribution in [0.15, 0.2) is 30.3 Å².